The van der Waals surface area contributed by atoms with E-state index in [4.69, 9.17) is 9.26 Å². The maximum absolute atomic E-state index is 13.7. The minimum atomic E-state index is -0.362. The van der Waals surface area contributed by atoms with Crippen LogP contribution in [0.5, 0.6) is 5.75 Å². The van der Waals surface area contributed by atoms with Gasteiger partial charge in [-0.3, -0.25) is 4.79 Å². The van der Waals surface area contributed by atoms with Crippen LogP contribution in [-0.4, -0.2) is 23.2 Å². The molecule has 0 aliphatic carbocycles. The molecular formula is C19H17BrFN3O3. The average molecular weight is 434 g/mol. The molecule has 0 saturated carbocycles. The fourth-order valence-electron chi connectivity index (χ4n) is 2.40. The first-order valence-electron chi connectivity index (χ1n) is 8.23. The Hall–Kier alpha value is -2.74. The SMILES string of the molecule is COc1ccc(-c2noc(CCC(=O)NCc3cc(Br)ccc3F)n2)cc1. The second kappa shape index (κ2) is 8.77. The lowest BCUT2D eigenvalue weighted by Crippen LogP contribution is -2.23. The largest absolute Gasteiger partial charge is 0.497 e. The summed E-state index contributed by atoms with van der Waals surface area (Å²) < 4.78 is 24.7. The summed E-state index contributed by atoms with van der Waals surface area (Å²) in [6.45, 7) is 0.116. The van der Waals surface area contributed by atoms with Crippen molar-refractivity contribution in [2.75, 3.05) is 7.11 Å². The molecule has 0 atom stereocenters. The monoisotopic (exact) mass is 433 g/mol. The van der Waals surface area contributed by atoms with Crippen molar-refractivity contribution in [3.05, 3.63) is 64.2 Å². The number of methoxy groups -OCH3 is 1. The van der Waals surface area contributed by atoms with Crippen LogP contribution in [0.15, 0.2) is 51.5 Å². The fourth-order valence-corrected chi connectivity index (χ4v) is 2.80. The normalized spacial score (nSPS) is 10.6. The number of benzene rings is 2. The summed E-state index contributed by atoms with van der Waals surface area (Å²) >= 11 is 3.28. The molecular weight excluding hydrogens is 417 g/mol. The van der Waals surface area contributed by atoms with E-state index in [1.54, 1.807) is 31.4 Å². The lowest BCUT2D eigenvalue weighted by Gasteiger charge is -2.06. The summed E-state index contributed by atoms with van der Waals surface area (Å²) in [4.78, 5) is 16.3. The van der Waals surface area contributed by atoms with Crippen LogP contribution in [0.1, 0.15) is 17.9 Å². The smallest absolute Gasteiger partial charge is 0.227 e. The molecule has 1 heterocycles. The van der Waals surface area contributed by atoms with Crippen LogP contribution >= 0.6 is 15.9 Å². The molecule has 1 N–H and O–H groups in total. The van der Waals surface area contributed by atoms with Crippen molar-refractivity contribution < 1.29 is 18.4 Å². The molecule has 8 heteroatoms. The molecule has 0 spiro atoms. The molecule has 0 radical (unpaired) electrons. The standard InChI is InChI=1S/C19H17BrFN3O3/c1-26-15-5-2-12(3-6-15)19-23-18(27-24-19)9-8-17(25)22-11-13-10-14(20)4-7-16(13)21/h2-7,10H,8-9,11H2,1H3,(H,22,25). The van der Waals surface area contributed by atoms with Gasteiger partial charge in [-0.15, -0.1) is 0 Å². The molecule has 1 aromatic heterocycles. The molecule has 0 bridgehead atoms. The highest BCUT2D eigenvalue weighted by molar-refractivity contribution is 9.10. The number of halogens is 2. The Labute approximate surface area is 163 Å². The summed E-state index contributed by atoms with van der Waals surface area (Å²) in [6.07, 6.45) is 0.468. The van der Waals surface area contributed by atoms with Crippen molar-refractivity contribution in [1.29, 1.82) is 0 Å². The summed E-state index contributed by atoms with van der Waals surface area (Å²) in [5.74, 6) is 0.966. The van der Waals surface area contributed by atoms with Crippen LogP contribution in [0, 0.1) is 5.82 Å². The van der Waals surface area contributed by atoms with Crippen LogP contribution in [-0.2, 0) is 17.8 Å². The molecule has 3 rings (SSSR count). The zero-order chi connectivity index (χ0) is 19.2. The zero-order valence-corrected chi connectivity index (χ0v) is 16.1. The Kier molecular flexibility index (Phi) is 6.18. The highest BCUT2D eigenvalue weighted by atomic mass is 79.9. The number of rotatable bonds is 7. The van der Waals surface area contributed by atoms with Gasteiger partial charge in [0.05, 0.1) is 7.11 Å². The minimum Gasteiger partial charge on any atom is -0.497 e. The molecule has 0 aliphatic heterocycles. The van der Waals surface area contributed by atoms with Gasteiger partial charge in [0, 0.05) is 35.0 Å². The highest BCUT2D eigenvalue weighted by Crippen LogP contribution is 2.20. The Morgan fingerprint density at radius 3 is 2.78 bits per heavy atom. The number of aryl methyl sites for hydroxylation is 1. The molecule has 6 nitrogen and oxygen atoms in total. The molecule has 2 aromatic carbocycles. The number of carbonyl (C=O) groups is 1. The third-order valence-corrected chi connectivity index (χ3v) is 4.36. The quantitative estimate of drug-likeness (QED) is 0.611. The Morgan fingerprint density at radius 2 is 2.04 bits per heavy atom. The zero-order valence-electron chi connectivity index (χ0n) is 14.5. The molecule has 3 aromatic rings. The Morgan fingerprint density at radius 1 is 1.26 bits per heavy atom. The molecule has 0 saturated heterocycles. The third kappa shape index (κ3) is 5.13. The number of amides is 1. The number of nitrogens with one attached hydrogen (secondary N) is 1. The number of ether oxygens (including phenoxy) is 1. The van der Waals surface area contributed by atoms with Gasteiger partial charge < -0.3 is 14.6 Å². The minimum absolute atomic E-state index is 0.116. The van der Waals surface area contributed by atoms with Crippen molar-refractivity contribution in [3.8, 4) is 17.1 Å². The van der Waals surface area contributed by atoms with E-state index in [-0.39, 0.29) is 24.7 Å². The van der Waals surface area contributed by atoms with Gasteiger partial charge in [0.1, 0.15) is 11.6 Å². The van der Waals surface area contributed by atoms with E-state index in [2.05, 4.69) is 31.4 Å². The Bertz CT molecular complexity index is 928. The predicted octanol–water partition coefficient (Wildman–Crippen LogP) is 3.90. The fraction of sp³-hybridized carbons (Fsp3) is 0.211. The van der Waals surface area contributed by atoms with E-state index in [9.17, 15) is 9.18 Å². The first kappa shape index (κ1) is 19.0. The molecule has 0 aliphatic rings. The predicted molar refractivity (Wildman–Crippen MR) is 101 cm³/mol. The van der Waals surface area contributed by atoms with Crippen LogP contribution in [0.25, 0.3) is 11.4 Å². The van der Waals surface area contributed by atoms with E-state index in [1.165, 1.54) is 6.07 Å². The summed E-state index contributed by atoms with van der Waals surface area (Å²) in [7, 11) is 1.59. The Balaban J connectivity index is 1.51. The molecule has 0 fully saturated rings. The number of nitrogens with zero attached hydrogens (tertiary/aromatic N) is 2. The second-order valence-corrected chi connectivity index (χ2v) is 6.67. The van der Waals surface area contributed by atoms with Crippen molar-refractivity contribution >= 4 is 21.8 Å². The van der Waals surface area contributed by atoms with E-state index in [0.29, 0.717) is 23.7 Å². The van der Waals surface area contributed by atoms with Gasteiger partial charge in [0.2, 0.25) is 17.6 Å². The van der Waals surface area contributed by atoms with Crippen molar-refractivity contribution in [3.63, 3.8) is 0 Å². The van der Waals surface area contributed by atoms with Gasteiger partial charge in [-0.1, -0.05) is 21.1 Å². The van der Waals surface area contributed by atoms with Crippen molar-refractivity contribution in [2.24, 2.45) is 0 Å². The van der Waals surface area contributed by atoms with Gasteiger partial charge in [0.25, 0.3) is 0 Å². The van der Waals surface area contributed by atoms with Crippen LogP contribution < -0.4 is 10.1 Å². The second-order valence-electron chi connectivity index (χ2n) is 5.75. The van der Waals surface area contributed by atoms with Crippen LogP contribution in [0.3, 0.4) is 0 Å². The lowest BCUT2D eigenvalue weighted by molar-refractivity contribution is -0.121. The van der Waals surface area contributed by atoms with Gasteiger partial charge in [-0.05, 0) is 42.5 Å². The topological polar surface area (TPSA) is 77.2 Å². The van der Waals surface area contributed by atoms with E-state index < -0.39 is 0 Å². The van der Waals surface area contributed by atoms with Gasteiger partial charge in [-0.25, -0.2) is 4.39 Å². The maximum Gasteiger partial charge on any atom is 0.227 e. The molecule has 140 valence electrons. The van der Waals surface area contributed by atoms with Gasteiger partial charge in [-0.2, -0.15) is 4.98 Å². The maximum atomic E-state index is 13.7. The first-order valence-corrected chi connectivity index (χ1v) is 9.02. The van der Waals surface area contributed by atoms with E-state index >= 15 is 0 Å². The molecule has 1 amide bonds. The van der Waals surface area contributed by atoms with E-state index in [1.807, 2.05) is 12.1 Å². The van der Waals surface area contributed by atoms with E-state index in [0.717, 1.165) is 15.8 Å². The average Bonchev–Trinajstić information content (AvgIpc) is 3.16. The number of aromatic nitrogens is 2. The molecule has 27 heavy (non-hydrogen) atoms. The third-order valence-electron chi connectivity index (χ3n) is 3.87. The summed E-state index contributed by atoms with van der Waals surface area (Å²) in [5.41, 5.74) is 1.21. The lowest BCUT2D eigenvalue weighted by atomic mass is 10.2. The van der Waals surface area contributed by atoms with Crippen molar-refractivity contribution in [2.45, 2.75) is 19.4 Å². The summed E-state index contributed by atoms with van der Waals surface area (Å²) in [6, 6.07) is 11.9. The summed E-state index contributed by atoms with van der Waals surface area (Å²) in [5, 5.41) is 6.61. The highest BCUT2D eigenvalue weighted by Gasteiger charge is 2.11. The number of carbonyl (C=O) groups excluding carboxylic acids is 1. The number of hydrogen-bond donors (Lipinski definition) is 1. The molecule has 0 unspecified atom stereocenters. The van der Waals surface area contributed by atoms with Crippen LogP contribution in [0.4, 0.5) is 4.39 Å². The van der Waals surface area contributed by atoms with Crippen LogP contribution in [0.2, 0.25) is 0 Å². The number of hydrogen-bond acceptors (Lipinski definition) is 5. The first-order chi connectivity index (χ1) is 13.0. The van der Waals surface area contributed by atoms with Gasteiger partial charge in [0.15, 0.2) is 0 Å². The van der Waals surface area contributed by atoms with Crippen molar-refractivity contribution in [1.82, 2.24) is 15.5 Å². The van der Waals surface area contributed by atoms with Gasteiger partial charge >= 0.3 is 0 Å².